The standard InChI is InChI=1S/C16H16O2S2/c1-13-10-11-16(20(17,18)19)12-15(13)9-5-8-14-6-3-2-4-7-14/h2-8,10-12H,9H2,1H3,(H,17,18,19). The highest BCUT2D eigenvalue weighted by atomic mass is 32.8. The normalized spacial score (nSPS) is 14.3. The SMILES string of the molecule is Cc1ccc(S(=O)(O)=S)cc1CC=Cc1ccccc1. The molecule has 0 saturated carbocycles. The second kappa shape index (κ2) is 6.31. The summed E-state index contributed by atoms with van der Waals surface area (Å²) in [4.78, 5) is 0.307. The highest BCUT2D eigenvalue weighted by Gasteiger charge is 2.07. The average molecular weight is 304 g/mol. The molecule has 0 aliphatic carbocycles. The molecule has 0 bridgehead atoms. The van der Waals surface area contributed by atoms with Crippen molar-refractivity contribution in [1.29, 1.82) is 0 Å². The number of rotatable bonds is 4. The molecule has 0 radical (unpaired) electrons. The van der Waals surface area contributed by atoms with Gasteiger partial charge >= 0.3 is 0 Å². The second-order valence-corrected chi connectivity index (χ2v) is 7.36. The van der Waals surface area contributed by atoms with E-state index in [4.69, 9.17) is 0 Å². The number of benzene rings is 2. The molecule has 1 atom stereocenters. The maximum absolute atomic E-state index is 11.5. The van der Waals surface area contributed by atoms with Crippen LogP contribution in [-0.4, -0.2) is 8.76 Å². The molecule has 2 rings (SSSR count). The van der Waals surface area contributed by atoms with Crippen LogP contribution >= 0.6 is 0 Å². The molecule has 2 aromatic carbocycles. The molecule has 20 heavy (non-hydrogen) atoms. The van der Waals surface area contributed by atoms with Crippen LogP contribution in [0.25, 0.3) is 6.08 Å². The van der Waals surface area contributed by atoms with Gasteiger partial charge in [0.15, 0.2) is 8.77 Å². The van der Waals surface area contributed by atoms with Gasteiger partial charge in [-0.2, -0.15) is 0 Å². The van der Waals surface area contributed by atoms with Crippen molar-refractivity contribution in [1.82, 2.24) is 0 Å². The van der Waals surface area contributed by atoms with Gasteiger partial charge in [0.05, 0.1) is 4.90 Å². The van der Waals surface area contributed by atoms with E-state index in [0.29, 0.717) is 11.3 Å². The first-order valence-electron chi connectivity index (χ1n) is 6.25. The van der Waals surface area contributed by atoms with Gasteiger partial charge < -0.3 is 4.55 Å². The summed E-state index contributed by atoms with van der Waals surface area (Å²) in [6.45, 7) is 1.98. The van der Waals surface area contributed by atoms with Gasteiger partial charge in [-0.1, -0.05) is 48.6 Å². The monoisotopic (exact) mass is 304 g/mol. The first kappa shape index (κ1) is 14.9. The Balaban J connectivity index is 2.19. The molecule has 0 saturated heterocycles. The van der Waals surface area contributed by atoms with Crippen molar-refractivity contribution in [3.8, 4) is 0 Å². The van der Waals surface area contributed by atoms with Crippen LogP contribution in [0.1, 0.15) is 16.7 Å². The summed E-state index contributed by atoms with van der Waals surface area (Å²) >= 11 is 4.61. The predicted molar refractivity (Wildman–Crippen MR) is 86.8 cm³/mol. The Bertz CT molecular complexity index is 717. The van der Waals surface area contributed by atoms with Crippen LogP contribution in [0, 0.1) is 6.92 Å². The smallest absolute Gasteiger partial charge is 0.171 e. The Hall–Kier alpha value is -1.49. The molecule has 1 unspecified atom stereocenters. The lowest BCUT2D eigenvalue weighted by atomic mass is 10.1. The summed E-state index contributed by atoms with van der Waals surface area (Å²) in [6.07, 6.45) is 4.79. The minimum Gasteiger partial charge on any atom is -0.302 e. The fourth-order valence-electron chi connectivity index (χ4n) is 1.91. The van der Waals surface area contributed by atoms with Gasteiger partial charge in [0, 0.05) is 11.2 Å². The maximum Gasteiger partial charge on any atom is 0.171 e. The lowest BCUT2D eigenvalue weighted by molar-refractivity contribution is 0.561. The Morgan fingerprint density at radius 1 is 1.20 bits per heavy atom. The van der Waals surface area contributed by atoms with Crippen molar-refractivity contribution in [2.45, 2.75) is 18.2 Å². The van der Waals surface area contributed by atoms with Crippen LogP contribution in [0.2, 0.25) is 0 Å². The molecule has 2 nitrogen and oxygen atoms in total. The van der Waals surface area contributed by atoms with Crippen molar-refractivity contribution in [2.75, 3.05) is 0 Å². The third kappa shape index (κ3) is 4.00. The molecule has 0 aromatic heterocycles. The first-order chi connectivity index (χ1) is 9.47. The van der Waals surface area contributed by atoms with Gasteiger partial charge in [-0.15, -0.1) is 0 Å². The summed E-state index contributed by atoms with van der Waals surface area (Å²) in [5.41, 5.74) is 3.24. The Morgan fingerprint density at radius 2 is 1.90 bits per heavy atom. The molecular weight excluding hydrogens is 288 g/mol. The summed E-state index contributed by atoms with van der Waals surface area (Å²) in [6, 6.07) is 15.2. The van der Waals surface area contributed by atoms with E-state index in [2.05, 4.69) is 11.2 Å². The van der Waals surface area contributed by atoms with Crippen molar-refractivity contribution < 1.29 is 8.76 Å². The van der Waals surface area contributed by atoms with E-state index in [9.17, 15) is 8.76 Å². The lowest BCUT2D eigenvalue weighted by Gasteiger charge is -2.06. The van der Waals surface area contributed by atoms with Crippen molar-refractivity contribution in [3.63, 3.8) is 0 Å². The van der Waals surface area contributed by atoms with E-state index < -0.39 is 8.77 Å². The Kier molecular flexibility index (Phi) is 4.70. The predicted octanol–water partition coefficient (Wildman–Crippen LogP) is 3.83. The van der Waals surface area contributed by atoms with E-state index in [-0.39, 0.29) is 0 Å². The third-order valence-electron chi connectivity index (χ3n) is 3.07. The van der Waals surface area contributed by atoms with Crippen LogP contribution in [0.5, 0.6) is 0 Å². The zero-order chi connectivity index (χ0) is 14.6. The second-order valence-electron chi connectivity index (χ2n) is 4.58. The van der Waals surface area contributed by atoms with Gasteiger partial charge in [-0.25, -0.2) is 4.21 Å². The average Bonchev–Trinajstić information content (AvgIpc) is 2.41. The van der Waals surface area contributed by atoms with Crippen LogP contribution in [0.4, 0.5) is 0 Å². The van der Waals surface area contributed by atoms with E-state index >= 15 is 0 Å². The molecule has 0 fully saturated rings. The molecule has 4 heteroatoms. The molecule has 104 valence electrons. The molecule has 0 spiro atoms. The van der Waals surface area contributed by atoms with Crippen molar-refractivity contribution in [2.24, 2.45) is 0 Å². The molecule has 1 N–H and O–H groups in total. The third-order valence-corrected chi connectivity index (χ3v) is 4.49. The van der Waals surface area contributed by atoms with Crippen LogP contribution in [-0.2, 0) is 26.4 Å². The molecule has 0 amide bonds. The van der Waals surface area contributed by atoms with Gasteiger partial charge in [0.25, 0.3) is 0 Å². The molecule has 0 heterocycles. The van der Waals surface area contributed by atoms with E-state index in [1.54, 1.807) is 12.1 Å². The largest absolute Gasteiger partial charge is 0.302 e. The minimum atomic E-state index is -3.31. The zero-order valence-corrected chi connectivity index (χ0v) is 12.8. The molecule has 0 aliphatic heterocycles. The number of allylic oxidation sites excluding steroid dienone is 1. The van der Waals surface area contributed by atoms with Crippen LogP contribution in [0.3, 0.4) is 0 Å². The van der Waals surface area contributed by atoms with Crippen LogP contribution in [0.15, 0.2) is 59.5 Å². The number of hydrogen-bond donors (Lipinski definition) is 1. The fourth-order valence-corrected chi connectivity index (χ4v) is 2.76. The van der Waals surface area contributed by atoms with E-state index in [1.165, 1.54) is 0 Å². The molecule has 2 aromatic rings. The van der Waals surface area contributed by atoms with E-state index in [1.807, 2.05) is 55.5 Å². The number of hydrogen-bond acceptors (Lipinski definition) is 2. The molecular formula is C16H16O2S2. The maximum atomic E-state index is 11.5. The van der Waals surface area contributed by atoms with Crippen molar-refractivity contribution >= 4 is 26.0 Å². The molecule has 0 aliphatic rings. The Morgan fingerprint density at radius 3 is 2.55 bits per heavy atom. The summed E-state index contributed by atoms with van der Waals surface area (Å²) < 4.78 is 20.9. The zero-order valence-electron chi connectivity index (χ0n) is 11.2. The summed E-state index contributed by atoms with van der Waals surface area (Å²) in [5.74, 6) is 0. The topological polar surface area (TPSA) is 37.3 Å². The van der Waals surface area contributed by atoms with Gasteiger partial charge in [-0.3, -0.25) is 0 Å². The van der Waals surface area contributed by atoms with Crippen LogP contribution < -0.4 is 0 Å². The van der Waals surface area contributed by atoms with Gasteiger partial charge in [0.2, 0.25) is 0 Å². The lowest BCUT2D eigenvalue weighted by Crippen LogP contribution is -1.98. The Labute approximate surface area is 124 Å². The summed E-state index contributed by atoms with van der Waals surface area (Å²) in [5, 5.41) is 0. The van der Waals surface area contributed by atoms with Gasteiger partial charge in [0.1, 0.15) is 0 Å². The number of aryl methyl sites for hydroxylation is 1. The summed E-state index contributed by atoms with van der Waals surface area (Å²) in [7, 11) is -3.31. The van der Waals surface area contributed by atoms with Crippen molar-refractivity contribution in [3.05, 3.63) is 71.3 Å². The van der Waals surface area contributed by atoms with E-state index in [0.717, 1.165) is 16.7 Å². The highest BCUT2D eigenvalue weighted by molar-refractivity contribution is 8.29. The fraction of sp³-hybridized carbons (Fsp3) is 0.125. The quantitative estimate of drug-likeness (QED) is 0.933. The minimum absolute atomic E-state index is 0.307. The highest BCUT2D eigenvalue weighted by Crippen LogP contribution is 2.17. The first-order valence-corrected chi connectivity index (χ1v) is 8.69. The van der Waals surface area contributed by atoms with Gasteiger partial charge in [-0.05, 0) is 42.2 Å².